The molecule has 5 heteroatoms. The van der Waals surface area contributed by atoms with Crippen LogP contribution >= 0.6 is 0 Å². The second-order valence-corrected chi connectivity index (χ2v) is 6.47. The molecular formula is C21H25N5. The molecule has 0 fully saturated rings. The second-order valence-electron chi connectivity index (χ2n) is 6.47. The van der Waals surface area contributed by atoms with Crippen molar-refractivity contribution < 1.29 is 0 Å². The Bertz CT molecular complexity index is 848. The van der Waals surface area contributed by atoms with Crippen LogP contribution in [-0.4, -0.2) is 21.0 Å². The third-order valence-corrected chi connectivity index (χ3v) is 4.20. The lowest BCUT2D eigenvalue weighted by Crippen LogP contribution is -2.16. The number of aryl methyl sites for hydroxylation is 1. The highest BCUT2D eigenvalue weighted by atomic mass is 15.2. The molecule has 0 aliphatic heterocycles. The minimum Gasteiger partial charge on any atom is -0.366 e. The van der Waals surface area contributed by atoms with Crippen molar-refractivity contribution in [2.45, 2.75) is 39.8 Å². The van der Waals surface area contributed by atoms with Gasteiger partial charge in [0.1, 0.15) is 5.82 Å². The monoisotopic (exact) mass is 347 g/mol. The van der Waals surface area contributed by atoms with Crippen molar-refractivity contribution in [2.24, 2.45) is 0 Å². The average Bonchev–Trinajstić information content (AvgIpc) is 2.67. The zero-order chi connectivity index (χ0) is 18.4. The van der Waals surface area contributed by atoms with Crippen molar-refractivity contribution >= 4 is 11.8 Å². The van der Waals surface area contributed by atoms with E-state index in [-0.39, 0.29) is 0 Å². The SMILES string of the molecule is CC[C@@H](C)Nc1nc(NCc2cccc(C)c2)cc(-c2ccccn2)n1. The number of hydrogen-bond acceptors (Lipinski definition) is 5. The molecule has 1 atom stereocenters. The van der Waals surface area contributed by atoms with E-state index in [1.807, 2.05) is 24.3 Å². The third kappa shape index (κ3) is 4.79. The van der Waals surface area contributed by atoms with Crippen molar-refractivity contribution in [3.8, 4) is 11.4 Å². The first kappa shape index (κ1) is 17.9. The molecule has 134 valence electrons. The van der Waals surface area contributed by atoms with Crippen LogP contribution in [0.4, 0.5) is 11.8 Å². The van der Waals surface area contributed by atoms with Crippen molar-refractivity contribution in [1.82, 2.24) is 15.0 Å². The maximum Gasteiger partial charge on any atom is 0.225 e. The Morgan fingerprint density at radius 1 is 1.00 bits per heavy atom. The van der Waals surface area contributed by atoms with Gasteiger partial charge in [-0.1, -0.05) is 42.8 Å². The molecule has 0 aliphatic rings. The lowest BCUT2D eigenvalue weighted by atomic mass is 10.1. The Morgan fingerprint density at radius 3 is 2.62 bits per heavy atom. The first-order valence-corrected chi connectivity index (χ1v) is 9.00. The molecule has 2 heterocycles. The van der Waals surface area contributed by atoms with Gasteiger partial charge in [0, 0.05) is 24.8 Å². The summed E-state index contributed by atoms with van der Waals surface area (Å²) in [7, 11) is 0. The van der Waals surface area contributed by atoms with Crippen molar-refractivity contribution in [3.05, 3.63) is 65.9 Å². The number of pyridine rings is 1. The van der Waals surface area contributed by atoms with E-state index in [1.54, 1.807) is 6.20 Å². The summed E-state index contributed by atoms with van der Waals surface area (Å²) in [4.78, 5) is 13.7. The van der Waals surface area contributed by atoms with E-state index in [9.17, 15) is 0 Å². The molecule has 1 aromatic carbocycles. The molecule has 0 aliphatic carbocycles. The highest BCUT2D eigenvalue weighted by Gasteiger charge is 2.09. The molecule has 0 unspecified atom stereocenters. The van der Waals surface area contributed by atoms with Gasteiger partial charge in [-0.25, -0.2) is 4.98 Å². The number of aromatic nitrogens is 3. The standard InChI is InChI=1S/C21H25N5/c1-4-16(3)24-21-25-19(18-10-5-6-11-22-18)13-20(26-21)23-14-17-9-7-8-15(2)12-17/h5-13,16H,4,14H2,1-3H3,(H2,23,24,25,26)/t16-/m1/s1. The molecule has 0 saturated heterocycles. The molecule has 0 bridgehead atoms. The molecule has 3 rings (SSSR count). The van der Waals surface area contributed by atoms with Gasteiger partial charge in [0.05, 0.1) is 11.4 Å². The molecule has 26 heavy (non-hydrogen) atoms. The quantitative estimate of drug-likeness (QED) is 0.650. The van der Waals surface area contributed by atoms with E-state index in [0.29, 0.717) is 18.5 Å². The van der Waals surface area contributed by atoms with Gasteiger partial charge in [-0.05, 0) is 38.0 Å². The van der Waals surface area contributed by atoms with Crippen molar-refractivity contribution in [3.63, 3.8) is 0 Å². The number of benzene rings is 1. The van der Waals surface area contributed by atoms with E-state index >= 15 is 0 Å². The van der Waals surface area contributed by atoms with Crippen molar-refractivity contribution in [2.75, 3.05) is 10.6 Å². The number of anilines is 2. The summed E-state index contributed by atoms with van der Waals surface area (Å²) in [5, 5.41) is 6.77. The zero-order valence-electron chi connectivity index (χ0n) is 15.5. The van der Waals surface area contributed by atoms with E-state index < -0.39 is 0 Å². The van der Waals surface area contributed by atoms with Gasteiger partial charge >= 0.3 is 0 Å². The van der Waals surface area contributed by atoms with Gasteiger partial charge in [-0.2, -0.15) is 4.98 Å². The summed E-state index contributed by atoms with van der Waals surface area (Å²) in [6.07, 6.45) is 2.78. The normalized spacial score (nSPS) is 11.8. The Balaban J connectivity index is 1.86. The fourth-order valence-corrected chi connectivity index (χ4v) is 2.59. The van der Waals surface area contributed by atoms with E-state index in [2.05, 4.69) is 70.6 Å². The van der Waals surface area contributed by atoms with E-state index in [4.69, 9.17) is 0 Å². The van der Waals surface area contributed by atoms with Crippen LogP contribution in [0.15, 0.2) is 54.7 Å². The van der Waals surface area contributed by atoms with Gasteiger partial charge in [-0.3, -0.25) is 4.98 Å². The number of nitrogens with zero attached hydrogens (tertiary/aromatic N) is 3. The number of nitrogens with one attached hydrogen (secondary N) is 2. The average molecular weight is 347 g/mol. The topological polar surface area (TPSA) is 62.7 Å². The predicted molar refractivity (Wildman–Crippen MR) is 107 cm³/mol. The largest absolute Gasteiger partial charge is 0.366 e. The number of rotatable bonds is 7. The molecule has 0 saturated carbocycles. The maximum atomic E-state index is 4.64. The summed E-state index contributed by atoms with van der Waals surface area (Å²) in [6, 6.07) is 16.5. The molecule has 0 radical (unpaired) electrons. The summed E-state index contributed by atoms with van der Waals surface area (Å²) >= 11 is 0. The summed E-state index contributed by atoms with van der Waals surface area (Å²) in [5.41, 5.74) is 4.11. The molecular weight excluding hydrogens is 322 g/mol. The summed E-state index contributed by atoms with van der Waals surface area (Å²) in [6.45, 7) is 7.07. The zero-order valence-corrected chi connectivity index (χ0v) is 15.5. The van der Waals surface area contributed by atoms with Crippen LogP contribution in [-0.2, 0) is 6.54 Å². The second kappa shape index (κ2) is 8.43. The van der Waals surface area contributed by atoms with Gasteiger partial charge in [0.2, 0.25) is 5.95 Å². The fraction of sp³-hybridized carbons (Fsp3) is 0.286. The van der Waals surface area contributed by atoms with Gasteiger partial charge < -0.3 is 10.6 Å². The summed E-state index contributed by atoms with van der Waals surface area (Å²) < 4.78 is 0. The van der Waals surface area contributed by atoms with Crippen LogP contribution in [0.5, 0.6) is 0 Å². The highest BCUT2D eigenvalue weighted by molar-refractivity contribution is 5.61. The lowest BCUT2D eigenvalue weighted by molar-refractivity contribution is 0.753. The highest BCUT2D eigenvalue weighted by Crippen LogP contribution is 2.20. The minimum atomic E-state index is 0.304. The van der Waals surface area contributed by atoms with Crippen LogP contribution in [0.2, 0.25) is 0 Å². The number of hydrogen-bond donors (Lipinski definition) is 2. The van der Waals surface area contributed by atoms with Crippen LogP contribution < -0.4 is 10.6 Å². The van der Waals surface area contributed by atoms with Crippen LogP contribution in [0, 0.1) is 6.92 Å². The molecule has 5 nitrogen and oxygen atoms in total. The smallest absolute Gasteiger partial charge is 0.225 e. The molecule has 3 aromatic rings. The first-order chi connectivity index (χ1) is 12.6. The van der Waals surface area contributed by atoms with Crippen LogP contribution in [0.25, 0.3) is 11.4 Å². The maximum absolute atomic E-state index is 4.64. The van der Waals surface area contributed by atoms with Gasteiger partial charge in [0.25, 0.3) is 0 Å². The van der Waals surface area contributed by atoms with E-state index in [0.717, 1.165) is 23.6 Å². The van der Waals surface area contributed by atoms with Crippen LogP contribution in [0.3, 0.4) is 0 Å². The van der Waals surface area contributed by atoms with Gasteiger partial charge in [0.15, 0.2) is 0 Å². The van der Waals surface area contributed by atoms with E-state index in [1.165, 1.54) is 11.1 Å². The predicted octanol–water partition coefficient (Wildman–Crippen LogP) is 4.67. The van der Waals surface area contributed by atoms with Gasteiger partial charge in [-0.15, -0.1) is 0 Å². The Kier molecular flexibility index (Phi) is 5.79. The molecule has 0 spiro atoms. The molecule has 2 aromatic heterocycles. The third-order valence-electron chi connectivity index (χ3n) is 4.20. The Labute approximate surface area is 154 Å². The summed E-state index contributed by atoms with van der Waals surface area (Å²) in [5.74, 6) is 1.40. The van der Waals surface area contributed by atoms with Crippen LogP contribution in [0.1, 0.15) is 31.4 Å². The fourth-order valence-electron chi connectivity index (χ4n) is 2.59. The minimum absolute atomic E-state index is 0.304. The molecule has 0 amide bonds. The Morgan fingerprint density at radius 2 is 1.88 bits per heavy atom. The first-order valence-electron chi connectivity index (χ1n) is 9.00. The van der Waals surface area contributed by atoms with Crippen molar-refractivity contribution in [1.29, 1.82) is 0 Å². The molecule has 2 N–H and O–H groups in total. The Hall–Kier alpha value is -2.95. The lowest BCUT2D eigenvalue weighted by Gasteiger charge is -2.14.